The number of nitrogens with one attached hydrogen (secondary N) is 1. The van der Waals surface area contributed by atoms with E-state index in [1.807, 2.05) is 42.4 Å². The highest BCUT2D eigenvalue weighted by molar-refractivity contribution is 7.99. The quantitative estimate of drug-likeness (QED) is 0.911. The van der Waals surface area contributed by atoms with Crippen molar-refractivity contribution >= 4 is 34.1 Å². The summed E-state index contributed by atoms with van der Waals surface area (Å²) in [7, 11) is 2.01. The summed E-state index contributed by atoms with van der Waals surface area (Å²) in [6, 6.07) is 6.22. The summed E-state index contributed by atoms with van der Waals surface area (Å²) in [6.45, 7) is 0.406. The van der Waals surface area contributed by atoms with Crippen molar-refractivity contribution in [3.05, 3.63) is 29.8 Å². The number of thiazole rings is 1. The van der Waals surface area contributed by atoms with Gasteiger partial charge in [-0.15, -0.1) is 11.3 Å². The summed E-state index contributed by atoms with van der Waals surface area (Å²) in [6.07, 6.45) is 2.90. The number of aromatic nitrogens is 2. The van der Waals surface area contributed by atoms with E-state index in [4.69, 9.17) is 0 Å². The number of anilines is 1. The number of carbonyl (C=O) groups is 1. The molecule has 3 heterocycles. The highest BCUT2D eigenvalue weighted by Gasteiger charge is 2.21. The van der Waals surface area contributed by atoms with Crippen LogP contribution in [0.2, 0.25) is 0 Å². The Morgan fingerprint density at radius 2 is 2.36 bits per heavy atom. The van der Waals surface area contributed by atoms with Crippen molar-refractivity contribution in [2.45, 2.75) is 12.5 Å². The first kappa shape index (κ1) is 15.5. The molecule has 3 rings (SSSR count). The van der Waals surface area contributed by atoms with Gasteiger partial charge in [-0.25, -0.2) is 4.98 Å². The van der Waals surface area contributed by atoms with Crippen LogP contribution in [0.25, 0.3) is 11.4 Å². The summed E-state index contributed by atoms with van der Waals surface area (Å²) in [5.74, 6) is 2.29. The minimum atomic E-state index is -0.0127. The van der Waals surface area contributed by atoms with E-state index >= 15 is 0 Å². The smallest absolute Gasteiger partial charge is 0.240 e. The van der Waals surface area contributed by atoms with E-state index in [1.165, 1.54) is 17.1 Å². The van der Waals surface area contributed by atoms with Crippen LogP contribution in [-0.2, 0) is 4.79 Å². The molecule has 1 amide bonds. The Hall–Kier alpha value is -1.44. The van der Waals surface area contributed by atoms with E-state index < -0.39 is 0 Å². The molecule has 2 aromatic rings. The van der Waals surface area contributed by atoms with Gasteiger partial charge in [-0.1, -0.05) is 6.07 Å². The molecule has 1 aliphatic heterocycles. The van der Waals surface area contributed by atoms with Crippen LogP contribution in [0.1, 0.15) is 6.42 Å². The third-order valence-electron chi connectivity index (χ3n) is 3.60. The number of hydrogen-bond donors (Lipinski definition) is 1. The zero-order valence-electron chi connectivity index (χ0n) is 12.4. The average Bonchev–Trinajstić information content (AvgIpc) is 3.19. The van der Waals surface area contributed by atoms with Crippen molar-refractivity contribution in [1.82, 2.24) is 14.9 Å². The van der Waals surface area contributed by atoms with Gasteiger partial charge in [0.15, 0.2) is 5.13 Å². The monoisotopic (exact) mass is 334 g/mol. The first-order valence-corrected chi connectivity index (χ1v) is 9.20. The van der Waals surface area contributed by atoms with Gasteiger partial charge in [0.1, 0.15) is 5.69 Å². The largest absolute Gasteiger partial charge is 0.301 e. The first-order valence-electron chi connectivity index (χ1n) is 7.17. The number of pyridine rings is 1. The van der Waals surface area contributed by atoms with Crippen LogP contribution in [0.5, 0.6) is 0 Å². The molecule has 1 fully saturated rings. The van der Waals surface area contributed by atoms with Gasteiger partial charge in [-0.3, -0.25) is 14.7 Å². The van der Waals surface area contributed by atoms with Gasteiger partial charge >= 0.3 is 0 Å². The van der Waals surface area contributed by atoms with Crippen molar-refractivity contribution in [1.29, 1.82) is 0 Å². The SMILES string of the molecule is CN(CC(=O)Nc1nc(-c2ccccn2)cs1)[C@@H]1CCSC1. The number of hydrogen-bond acceptors (Lipinski definition) is 6. The Bertz CT molecular complexity index is 625. The van der Waals surface area contributed by atoms with Gasteiger partial charge in [0, 0.05) is 23.4 Å². The van der Waals surface area contributed by atoms with Gasteiger partial charge < -0.3 is 5.32 Å². The third-order valence-corrected chi connectivity index (χ3v) is 5.50. The average molecular weight is 334 g/mol. The van der Waals surface area contributed by atoms with Crippen molar-refractivity contribution < 1.29 is 4.79 Å². The molecular formula is C15H18N4OS2. The molecule has 0 aromatic carbocycles. The second kappa shape index (κ2) is 7.21. The zero-order valence-corrected chi connectivity index (χ0v) is 14.0. The lowest BCUT2D eigenvalue weighted by Crippen LogP contribution is -2.37. The third kappa shape index (κ3) is 3.85. The van der Waals surface area contributed by atoms with E-state index in [-0.39, 0.29) is 5.91 Å². The molecule has 0 saturated carbocycles. The molecule has 1 atom stereocenters. The lowest BCUT2D eigenvalue weighted by atomic mass is 10.2. The molecular weight excluding hydrogens is 316 g/mol. The van der Waals surface area contributed by atoms with Crippen LogP contribution in [-0.4, -0.2) is 51.9 Å². The van der Waals surface area contributed by atoms with E-state index in [0.29, 0.717) is 17.7 Å². The maximum atomic E-state index is 12.1. The fourth-order valence-electron chi connectivity index (χ4n) is 2.35. The molecule has 0 bridgehead atoms. The van der Waals surface area contributed by atoms with Gasteiger partial charge in [0.05, 0.1) is 12.2 Å². The molecule has 22 heavy (non-hydrogen) atoms. The van der Waals surface area contributed by atoms with Gasteiger partial charge in [-0.05, 0) is 31.4 Å². The van der Waals surface area contributed by atoms with Crippen molar-refractivity contribution in [3.8, 4) is 11.4 Å². The highest BCUT2D eigenvalue weighted by atomic mass is 32.2. The lowest BCUT2D eigenvalue weighted by molar-refractivity contribution is -0.117. The van der Waals surface area contributed by atoms with Crippen molar-refractivity contribution in [2.24, 2.45) is 0 Å². The molecule has 7 heteroatoms. The van der Waals surface area contributed by atoms with Crippen molar-refractivity contribution in [2.75, 3.05) is 30.4 Å². The van der Waals surface area contributed by atoms with Crippen molar-refractivity contribution in [3.63, 3.8) is 0 Å². The van der Waals surface area contributed by atoms with Gasteiger partial charge in [0.25, 0.3) is 0 Å². The Balaban J connectivity index is 1.57. The standard InChI is InChI=1S/C15H18N4OS2/c1-19(11-5-7-21-9-11)8-14(20)18-15-17-13(10-22-15)12-4-2-3-6-16-12/h2-4,6,10-11H,5,7-9H2,1H3,(H,17,18,20)/t11-/m1/s1. The lowest BCUT2D eigenvalue weighted by Gasteiger charge is -2.22. The summed E-state index contributed by atoms with van der Waals surface area (Å²) in [4.78, 5) is 22.9. The maximum absolute atomic E-state index is 12.1. The van der Waals surface area contributed by atoms with E-state index in [0.717, 1.165) is 23.6 Å². The number of amides is 1. The van der Waals surface area contributed by atoms with Crippen LogP contribution < -0.4 is 5.32 Å². The Kier molecular flexibility index (Phi) is 5.07. The molecule has 0 aliphatic carbocycles. The predicted octanol–water partition coefficient (Wildman–Crippen LogP) is 2.58. The molecule has 0 spiro atoms. The fraction of sp³-hybridized carbons (Fsp3) is 0.400. The number of carbonyl (C=O) groups excluding carboxylic acids is 1. The van der Waals surface area contributed by atoms with E-state index in [2.05, 4.69) is 20.2 Å². The minimum absolute atomic E-state index is 0.0127. The minimum Gasteiger partial charge on any atom is -0.301 e. The first-order chi connectivity index (χ1) is 10.7. The second-order valence-electron chi connectivity index (χ2n) is 5.23. The molecule has 5 nitrogen and oxygen atoms in total. The molecule has 1 N–H and O–H groups in total. The topological polar surface area (TPSA) is 58.1 Å². The Labute approximate surface area is 138 Å². The highest BCUT2D eigenvalue weighted by Crippen LogP contribution is 2.24. The molecule has 1 saturated heterocycles. The number of thioether (sulfide) groups is 1. The fourth-order valence-corrected chi connectivity index (χ4v) is 4.37. The van der Waals surface area contributed by atoms with E-state index in [1.54, 1.807) is 6.20 Å². The number of nitrogens with zero attached hydrogens (tertiary/aromatic N) is 3. The van der Waals surface area contributed by atoms with E-state index in [9.17, 15) is 4.79 Å². The van der Waals surface area contributed by atoms with Gasteiger partial charge in [-0.2, -0.15) is 11.8 Å². The molecule has 116 valence electrons. The molecule has 0 unspecified atom stereocenters. The van der Waals surface area contributed by atoms with Crippen LogP contribution >= 0.6 is 23.1 Å². The van der Waals surface area contributed by atoms with Gasteiger partial charge in [0.2, 0.25) is 5.91 Å². The van der Waals surface area contributed by atoms with Crippen LogP contribution in [0.4, 0.5) is 5.13 Å². The number of likely N-dealkylation sites (N-methyl/N-ethyl adjacent to an activating group) is 1. The maximum Gasteiger partial charge on any atom is 0.240 e. The summed E-state index contributed by atoms with van der Waals surface area (Å²) < 4.78 is 0. The van der Waals surface area contributed by atoms with Crippen LogP contribution in [0.3, 0.4) is 0 Å². The summed E-state index contributed by atoms with van der Waals surface area (Å²) in [5.41, 5.74) is 1.61. The second-order valence-corrected chi connectivity index (χ2v) is 7.24. The molecule has 1 aliphatic rings. The summed E-state index contributed by atoms with van der Waals surface area (Å²) >= 11 is 3.38. The molecule has 2 aromatic heterocycles. The van der Waals surface area contributed by atoms with Crippen LogP contribution in [0, 0.1) is 0 Å². The molecule has 0 radical (unpaired) electrons. The summed E-state index contributed by atoms with van der Waals surface area (Å²) in [5, 5.41) is 5.42. The predicted molar refractivity (Wildman–Crippen MR) is 92.3 cm³/mol. The Morgan fingerprint density at radius 3 is 3.09 bits per heavy atom. The number of rotatable bonds is 5. The normalized spacial score (nSPS) is 17.8. The Morgan fingerprint density at radius 1 is 1.45 bits per heavy atom. The van der Waals surface area contributed by atoms with Crippen LogP contribution in [0.15, 0.2) is 29.8 Å². The zero-order chi connectivity index (χ0) is 15.4.